The lowest BCUT2D eigenvalue weighted by atomic mass is 10.1. The Morgan fingerprint density at radius 1 is 1.03 bits per heavy atom. The lowest BCUT2D eigenvalue weighted by Gasteiger charge is -2.31. The highest BCUT2D eigenvalue weighted by Gasteiger charge is 2.29. The van der Waals surface area contributed by atoms with Crippen molar-refractivity contribution in [2.24, 2.45) is 0 Å². The minimum absolute atomic E-state index is 0.244. The molecule has 2 aromatic carbocycles. The van der Waals surface area contributed by atoms with Crippen LogP contribution in [0.25, 0.3) is 0 Å². The van der Waals surface area contributed by atoms with Crippen molar-refractivity contribution >= 4 is 27.5 Å². The highest BCUT2D eigenvalue weighted by atomic mass is 32.2. The number of sulfonamides is 1. The summed E-state index contributed by atoms with van der Waals surface area (Å²) in [7, 11) is -3.70. The third kappa shape index (κ3) is 8.20. The minimum Gasteiger partial charge on any atom is -0.354 e. The maximum absolute atomic E-state index is 13.4. The maximum atomic E-state index is 13.4. The molecule has 1 atom stereocenters. The molecule has 0 aliphatic heterocycles. The van der Waals surface area contributed by atoms with Gasteiger partial charge in [-0.25, -0.2) is 8.42 Å². The van der Waals surface area contributed by atoms with Gasteiger partial charge in [-0.2, -0.15) is 0 Å². The molecule has 1 N–H and O–H groups in total. The molecule has 0 bridgehead atoms. The second-order valence-corrected chi connectivity index (χ2v) is 10.2. The molecule has 8 heteroatoms. The fraction of sp³-hybridized carbons (Fsp3) is 0.440. The van der Waals surface area contributed by atoms with Crippen molar-refractivity contribution in [3.8, 4) is 0 Å². The van der Waals surface area contributed by atoms with Gasteiger partial charge in [0.1, 0.15) is 12.6 Å². The zero-order valence-electron chi connectivity index (χ0n) is 20.0. The van der Waals surface area contributed by atoms with Crippen molar-refractivity contribution in [1.29, 1.82) is 0 Å². The number of nitrogens with zero attached hydrogens (tertiary/aromatic N) is 2. The Hall–Kier alpha value is -2.87. The van der Waals surface area contributed by atoms with E-state index in [9.17, 15) is 18.0 Å². The summed E-state index contributed by atoms with van der Waals surface area (Å²) in [5.41, 5.74) is 2.44. The van der Waals surface area contributed by atoms with Crippen LogP contribution in [0.5, 0.6) is 0 Å². The normalized spacial score (nSPS) is 12.1. The molecule has 0 fully saturated rings. The highest BCUT2D eigenvalue weighted by Crippen LogP contribution is 2.19. The Balaban J connectivity index is 2.25. The first kappa shape index (κ1) is 26.4. The van der Waals surface area contributed by atoms with Crippen LogP contribution >= 0.6 is 0 Å². The molecular formula is C25H35N3O4S. The topological polar surface area (TPSA) is 86.8 Å². The fourth-order valence-electron chi connectivity index (χ4n) is 3.43. The van der Waals surface area contributed by atoms with Crippen LogP contribution in [-0.4, -0.2) is 57.1 Å². The summed E-state index contributed by atoms with van der Waals surface area (Å²) in [6, 6.07) is 15.9. The minimum atomic E-state index is -3.70. The third-order valence-corrected chi connectivity index (χ3v) is 6.62. The third-order valence-electron chi connectivity index (χ3n) is 5.48. The summed E-state index contributed by atoms with van der Waals surface area (Å²) in [4.78, 5) is 27.6. The molecule has 0 aliphatic rings. The maximum Gasteiger partial charge on any atom is 0.244 e. The smallest absolute Gasteiger partial charge is 0.244 e. The van der Waals surface area contributed by atoms with E-state index in [2.05, 4.69) is 5.32 Å². The molecule has 0 spiro atoms. The zero-order valence-corrected chi connectivity index (χ0v) is 20.8. The van der Waals surface area contributed by atoms with E-state index in [1.165, 1.54) is 4.90 Å². The molecule has 180 valence electrons. The van der Waals surface area contributed by atoms with Crippen LogP contribution in [0.4, 0.5) is 5.69 Å². The number of unbranched alkanes of at least 4 members (excludes halogenated alkanes) is 1. The van der Waals surface area contributed by atoms with E-state index in [0.29, 0.717) is 25.2 Å². The predicted octanol–water partition coefficient (Wildman–Crippen LogP) is 3.14. The van der Waals surface area contributed by atoms with Crippen molar-refractivity contribution in [2.75, 3.05) is 30.2 Å². The monoisotopic (exact) mass is 473 g/mol. The molecule has 0 radical (unpaired) electrons. The van der Waals surface area contributed by atoms with E-state index in [1.807, 2.05) is 44.2 Å². The number of rotatable bonds is 12. The molecule has 0 saturated carbocycles. The Morgan fingerprint density at radius 3 is 2.24 bits per heavy atom. The first-order valence-corrected chi connectivity index (χ1v) is 13.1. The molecule has 7 nitrogen and oxygen atoms in total. The van der Waals surface area contributed by atoms with Crippen molar-refractivity contribution in [3.63, 3.8) is 0 Å². The Kier molecular flexibility index (Phi) is 9.91. The van der Waals surface area contributed by atoms with E-state index in [-0.39, 0.29) is 12.5 Å². The van der Waals surface area contributed by atoms with E-state index in [4.69, 9.17) is 0 Å². The van der Waals surface area contributed by atoms with Crippen molar-refractivity contribution in [3.05, 3.63) is 65.7 Å². The van der Waals surface area contributed by atoms with Gasteiger partial charge in [0, 0.05) is 13.1 Å². The molecule has 0 saturated heterocycles. The van der Waals surface area contributed by atoms with Gasteiger partial charge in [0.05, 0.1) is 11.9 Å². The van der Waals surface area contributed by atoms with Crippen LogP contribution < -0.4 is 9.62 Å². The lowest BCUT2D eigenvalue weighted by Crippen LogP contribution is -2.52. The van der Waals surface area contributed by atoms with Crippen molar-refractivity contribution in [2.45, 2.75) is 46.1 Å². The number of hydrogen-bond donors (Lipinski definition) is 1. The number of hydrogen-bond acceptors (Lipinski definition) is 4. The molecule has 0 aromatic heterocycles. The molecule has 0 unspecified atom stereocenters. The Labute approximate surface area is 197 Å². The van der Waals surface area contributed by atoms with Gasteiger partial charge in [-0.15, -0.1) is 0 Å². The van der Waals surface area contributed by atoms with Crippen LogP contribution in [-0.2, 0) is 26.0 Å². The summed E-state index contributed by atoms with van der Waals surface area (Å²) in [6.45, 7) is 6.10. The number of carbonyl (C=O) groups excluding carboxylic acids is 2. The molecule has 0 heterocycles. The number of aryl methyl sites for hydroxylation is 1. The quantitative estimate of drug-likeness (QED) is 0.480. The second-order valence-electron chi connectivity index (χ2n) is 8.25. The summed E-state index contributed by atoms with van der Waals surface area (Å²) in [5, 5.41) is 2.87. The van der Waals surface area contributed by atoms with Crippen molar-refractivity contribution in [1.82, 2.24) is 10.2 Å². The summed E-state index contributed by atoms with van der Waals surface area (Å²) in [5.74, 6) is -0.666. The average Bonchev–Trinajstić information content (AvgIpc) is 2.78. The lowest BCUT2D eigenvalue weighted by molar-refractivity contribution is -0.138. The summed E-state index contributed by atoms with van der Waals surface area (Å²) < 4.78 is 26.1. The molecular weight excluding hydrogens is 438 g/mol. The van der Waals surface area contributed by atoms with Gasteiger partial charge in [0.25, 0.3) is 0 Å². The average molecular weight is 474 g/mol. The van der Waals surface area contributed by atoms with E-state index < -0.39 is 22.0 Å². The van der Waals surface area contributed by atoms with E-state index in [0.717, 1.165) is 34.5 Å². The van der Waals surface area contributed by atoms with E-state index >= 15 is 0 Å². The van der Waals surface area contributed by atoms with Gasteiger partial charge in [0.2, 0.25) is 21.8 Å². The summed E-state index contributed by atoms with van der Waals surface area (Å²) >= 11 is 0. The summed E-state index contributed by atoms with van der Waals surface area (Å²) in [6.07, 6.45) is 3.44. The van der Waals surface area contributed by atoms with Gasteiger partial charge in [-0.1, -0.05) is 61.4 Å². The predicted molar refractivity (Wildman–Crippen MR) is 133 cm³/mol. The van der Waals surface area contributed by atoms with Crippen LogP contribution in [0.3, 0.4) is 0 Å². The van der Waals surface area contributed by atoms with Gasteiger partial charge in [-0.3, -0.25) is 13.9 Å². The van der Waals surface area contributed by atoms with Crippen LogP contribution in [0.2, 0.25) is 0 Å². The SMILES string of the molecule is CCCCNC(=O)[C@H](C)N(CCc1ccccc1)C(=O)CN(c1ccc(C)cc1)S(C)(=O)=O. The number of nitrogens with one attached hydrogen (secondary N) is 1. The molecule has 2 amide bonds. The number of benzene rings is 2. The molecule has 33 heavy (non-hydrogen) atoms. The number of amides is 2. The first-order chi connectivity index (χ1) is 15.6. The van der Waals surface area contributed by atoms with Gasteiger partial charge in [0.15, 0.2) is 0 Å². The van der Waals surface area contributed by atoms with Crippen LogP contribution in [0.1, 0.15) is 37.8 Å². The standard InChI is InChI=1S/C25H35N3O4S/c1-5-6-17-26-25(30)21(3)27(18-16-22-10-8-7-9-11-22)24(29)19-28(33(4,31)32)23-14-12-20(2)13-15-23/h7-15,21H,5-6,16-19H2,1-4H3,(H,26,30)/t21-/m0/s1. The largest absolute Gasteiger partial charge is 0.354 e. The molecule has 2 aromatic rings. The van der Waals surface area contributed by atoms with Crippen LogP contribution in [0.15, 0.2) is 54.6 Å². The van der Waals surface area contributed by atoms with Gasteiger partial charge >= 0.3 is 0 Å². The number of anilines is 1. The molecule has 2 rings (SSSR count). The van der Waals surface area contributed by atoms with Crippen molar-refractivity contribution < 1.29 is 18.0 Å². The fourth-order valence-corrected chi connectivity index (χ4v) is 4.28. The van der Waals surface area contributed by atoms with Gasteiger partial charge in [-0.05, 0) is 44.4 Å². The molecule has 0 aliphatic carbocycles. The van der Waals surface area contributed by atoms with Gasteiger partial charge < -0.3 is 10.2 Å². The Bertz CT molecular complexity index is 1010. The Morgan fingerprint density at radius 2 is 1.67 bits per heavy atom. The first-order valence-electron chi connectivity index (χ1n) is 11.3. The van der Waals surface area contributed by atoms with Crippen LogP contribution in [0, 0.1) is 6.92 Å². The number of carbonyl (C=O) groups is 2. The van der Waals surface area contributed by atoms with E-state index in [1.54, 1.807) is 31.2 Å². The second kappa shape index (κ2) is 12.4. The highest BCUT2D eigenvalue weighted by molar-refractivity contribution is 7.92. The zero-order chi connectivity index (χ0) is 24.4.